The van der Waals surface area contributed by atoms with Crippen molar-refractivity contribution >= 4 is 19.8 Å². The van der Waals surface area contributed by atoms with Crippen molar-refractivity contribution in [3.8, 4) is 0 Å². The van der Waals surface area contributed by atoms with Gasteiger partial charge in [0.05, 0.1) is 19.8 Å². The highest BCUT2D eigenvalue weighted by molar-refractivity contribution is 7.47. The SMILES string of the molecule is CCCCCCCC/C=C/C/C=C/CCCCC(=O)OC[C@@H](COP(=O)(O)OC[C@H](O)CO)OC(=O)CCCCCCCCCCCC. The maximum Gasteiger partial charge on any atom is 0.472 e. The van der Waals surface area contributed by atoms with Crippen molar-refractivity contribution in [3.63, 3.8) is 0 Å². The van der Waals surface area contributed by atoms with Crippen molar-refractivity contribution in [2.24, 2.45) is 0 Å². The molecule has 0 aliphatic heterocycles. The number of allylic oxidation sites excluding steroid dienone is 4. The molecule has 0 spiro atoms. The lowest BCUT2D eigenvalue weighted by atomic mass is 10.1. The fourth-order valence-electron chi connectivity index (χ4n) is 4.90. The molecule has 48 heavy (non-hydrogen) atoms. The molecule has 1 unspecified atom stereocenters. The number of hydrogen-bond donors (Lipinski definition) is 3. The molecule has 0 radical (unpaired) electrons. The number of carbonyl (C=O) groups is 2. The molecule has 0 rings (SSSR count). The number of carbonyl (C=O) groups excluding carboxylic acids is 2. The van der Waals surface area contributed by atoms with Crippen LogP contribution >= 0.6 is 7.82 Å². The number of unbranched alkanes of at least 4 members (excludes halogenated alkanes) is 17. The van der Waals surface area contributed by atoms with Crippen LogP contribution in [-0.2, 0) is 32.7 Å². The molecule has 282 valence electrons. The summed E-state index contributed by atoms with van der Waals surface area (Å²) in [6, 6.07) is 0. The van der Waals surface area contributed by atoms with Crippen LogP contribution in [0.25, 0.3) is 0 Å². The summed E-state index contributed by atoms with van der Waals surface area (Å²) in [6.07, 6.45) is 30.1. The minimum Gasteiger partial charge on any atom is -0.462 e. The molecule has 0 heterocycles. The number of phosphoric ester groups is 1. The number of rotatable bonds is 35. The van der Waals surface area contributed by atoms with Gasteiger partial charge in [0.1, 0.15) is 12.7 Å². The second-order valence-electron chi connectivity index (χ2n) is 12.6. The number of ether oxygens (including phenoxy) is 2. The molecule has 3 N–H and O–H groups in total. The van der Waals surface area contributed by atoms with Crippen molar-refractivity contribution < 1.29 is 47.8 Å². The molecule has 0 aliphatic rings. The van der Waals surface area contributed by atoms with Crippen LogP contribution in [0.2, 0.25) is 0 Å². The lowest BCUT2D eigenvalue weighted by Crippen LogP contribution is -2.29. The monoisotopic (exact) mass is 704 g/mol. The highest BCUT2D eigenvalue weighted by Gasteiger charge is 2.27. The zero-order valence-electron chi connectivity index (χ0n) is 30.2. The predicted octanol–water partition coefficient (Wildman–Crippen LogP) is 9.05. The van der Waals surface area contributed by atoms with Crippen LogP contribution in [0, 0.1) is 0 Å². The first-order valence-electron chi connectivity index (χ1n) is 18.8. The highest BCUT2D eigenvalue weighted by atomic mass is 31.2. The summed E-state index contributed by atoms with van der Waals surface area (Å²) >= 11 is 0. The lowest BCUT2D eigenvalue weighted by molar-refractivity contribution is -0.161. The minimum absolute atomic E-state index is 0.180. The Bertz CT molecular complexity index is 863. The van der Waals surface area contributed by atoms with E-state index in [1.807, 2.05) is 0 Å². The van der Waals surface area contributed by atoms with Crippen molar-refractivity contribution in [2.45, 2.75) is 174 Å². The maximum atomic E-state index is 12.5. The number of aliphatic hydroxyl groups is 2. The standard InChI is InChI=1S/C37H69O10P/c1-3-5-7-9-11-13-15-16-17-18-19-21-22-24-26-28-36(40)44-32-35(33-46-48(42,43)45-31-34(39)30-38)47-37(41)29-27-25-23-20-14-12-10-8-6-4-2/h16-17,19,21,34-35,38-39H,3-15,18,20,22-33H2,1-2H3,(H,42,43)/b17-16+,21-19+/t34-,35+/m1/s1. The Kier molecular flexibility index (Phi) is 32.8. The summed E-state index contributed by atoms with van der Waals surface area (Å²) in [5.74, 6) is -0.963. The van der Waals surface area contributed by atoms with Gasteiger partial charge in [-0.1, -0.05) is 128 Å². The zero-order chi connectivity index (χ0) is 35.6. The fourth-order valence-corrected chi connectivity index (χ4v) is 5.69. The normalized spacial score (nSPS) is 14.4. The van der Waals surface area contributed by atoms with Gasteiger partial charge in [-0.15, -0.1) is 0 Å². The van der Waals surface area contributed by atoms with Gasteiger partial charge in [-0.05, 0) is 44.9 Å². The van der Waals surface area contributed by atoms with E-state index in [0.29, 0.717) is 12.8 Å². The van der Waals surface area contributed by atoms with E-state index >= 15 is 0 Å². The third-order valence-corrected chi connectivity index (χ3v) is 8.81. The van der Waals surface area contributed by atoms with Gasteiger partial charge in [0.15, 0.2) is 6.10 Å². The second kappa shape index (κ2) is 33.9. The van der Waals surface area contributed by atoms with E-state index < -0.39 is 51.8 Å². The molecular formula is C37H69O10P. The van der Waals surface area contributed by atoms with Gasteiger partial charge < -0.3 is 24.6 Å². The van der Waals surface area contributed by atoms with Gasteiger partial charge in [-0.2, -0.15) is 0 Å². The van der Waals surface area contributed by atoms with E-state index in [2.05, 4.69) is 42.7 Å². The second-order valence-corrected chi connectivity index (χ2v) is 14.1. The Labute approximate surface area is 291 Å². The van der Waals surface area contributed by atoms with Gasteiger partial charge >= 0.3 is 19.8 Å². The first-order chi connectivity index (χ1) is 23.2. The summed E-state index contributed by atoms with van der Waals surface area (Å²) in [6.45, 7) is 2.30. The molecule has 11 heteroatoms. The number of aliphatic hydroxyl groups excluding tert-OH is 2. The van der Waals surface area contributed by atoms with Gasteiger partial charge in [-0.25, -0.2) is 4.57 Å². The molecule has 0 saturated carbocycles. The zero-order valence-corrected chi connectivity index (χ0v) is 31.1. The Morgan fingerprint density at radius 3 is 1.65 bits per heavy atom. The van der Waals surface area contributed by atoms with E-state index in [9.17, 15) is 24.2 Å². The van der Waals surface area contributed by atoms with E-state index in [0.717, 1.165) is 44.9 Å². The third kappa shape index (κ3) is 33.0. The van der Waals surface area contributed by atoms with Crippen LogP contribution in [0.3, 0.4) is 0 Å². The van der Waals surface area contributed by atoms with Crippen LogP contribution in [0.4, 0.5) is 0 Å². The van der Waals surface area contributed by atoms with Crippen LogP contribution < -0.4 is 0 Å². The van der Waals surface area contributed by atoms with Crippen LogP contribution in [0.15, 0.2) is 24.3 Å². The summed E-state index contributed by atoms with van der Waals surface area (Å²) in [5, 5.41) is 18.2. The molecule has 0 aliphatic carbocycles. The van der Waals surface area contributed by atoms with E-state index in [4.69, 9.17) is 19.1 Å². The molecule has 0 saturated heterocycles. The Balaban J connectivity index is 4.41. The molecule has 3 atom stereocenters. The molecule has 0 aromatic carbocycles. The quantitative estimate of drug-likeness (QED) is 0.0252. The Morgan fingerprint density at radius 1 is 0.625 bits per heavy atom. The smallest absolute Gasteiger partial charge is 0.462 e. The van der Waals surface area contributed by atoms with E-state index in [1.54, 1.807) is 0 Å². The summed E-state index contributed by atoms with van der Waals surface area (Å²) < 4.78 is 32.5. The average molecular weight is 705 g/mol. The van der Waals surface area contributed by atoms with Crippen molar-refractivity contribution in [2.75, 3.05) is 26.4 Å². The number of hydrogen-bond acceptors (Lipinski definition) is 9. The van der Waals surface area contributed by atoms with Crippen molar-refractivity contribution in [3.05, 3.63) is 24.3 Å². The maximum absolute atomic E-state index is 12.5. The van der Waals surface area contributed by atoms with Gasteiger partial charge in [0.25, 0.3) is 0 Å². The van der Waals surface area contributed by atoms with E-state index in [-0.39, 0.29) is 19.4 Å². The van der Waals surface area contributed by atoms with Gasteiger partial charge in [0.2, 0.25) is 0 Å². The Hall–Kier alpha value is -1.55. The molecule has 10 nitrogen and oxygen atoms in total. The number of phosphoric acid groups is 1. The lowest BCUT2D eigenvalue weighted by Gasteiger charge is -2.20. The average Bonchev–Trinajstić information content (AvgIpc) is 3.07. The van der Waals surface area contributed by atoms with Crippen molar-refractivity contribution in [1.82, 2.24) is 0 Å². The number of esters is 2. The highest BCUT2D eigenvalue weighted by Crippen LogP contribution is 2.43. The molecule has 0 aromatic heterocycles. The third-order valence-electron chi connectivity index (χ3n) is 7.86. The van der Waals surface area contributed by atoms with Crippen molar-refractivity contribution in [1.29, 1.82) is 0 Å². The first kappa shape index (κ1) is 46.5. The first-order valence-corrected chi connectivity index (χ1v) is 20.3. The van der Waals surface area contributed by atoms with E-state index in [1.165, 1.54) is 77.0 Å². The molecule has 0 bridgehead atoms. The largest absolute Gasteiger partial charge is 0.472 e. The van der Waals surface area contributed by atoms with Crippen LogP contribution in [-0.4, -0.2) is 65.7 Å². The van der Waals surface area contributed by atoms with Gasteiger partial charge in [0, 0.05) is 12.8 Å². The Morgan fingerprint density at radius 2 is 1.08 bits per heavy atom. The molecule has 0 amide bonds. The molecule has 0 fully saturated rings. The summed E-state index contributed by atoms with van der Waals surface area (Å²) in [7, 11) is -4.61. The molecule has 0 aromatic rings. The summed E-state index contributed by atoms with van der Waals surface area (Å²) in [5.41, 5.74) is 0. The minimum atomic E-state index is -4.61. The fraction of sp³-hybridized carbons (Fsp3) is 0.838. The van der Waals surface area contributed by atoms with Gasteiger partial charge in [-0.3, -0.25) is 18.6 Å². The molecular weight excluding hydrogens is 635 g/mol. The summed E-state index contributed by atoms with van der Waals surface area (Å²) in [4.78, 5) is 34.7. The topological polar surface area (TPSA) is 149 Å². The van der Waals surface area contributed by atoms with Crippen LogP contribution in [0.5, 0.6) is 0 Å². The predicted molar refractivity (Wildman–Crippen MR) is 191 cm³/mol. The van der Waals surface area contributed by atoms with Crippen LogP contribution in [0.1, 0.15) is 162 Å².